The fraction of sp³-hybridized carbons (Fsp3) is 0.533. The summed E-state index contributed by atoms with van der Waals surface area (Å²) in [4.78, 5) is 0. The lowest BCUT2D eigenvalue weighted by molar-refractivity contribution is 0.00708. The zero-order chi connectivity index (χ0) is 27.5. The van der Waals surface area contributed by atoms with Gasteiger partial charge in [-0.2, -0.15) is 0 Å². The van der Waals surface area contributed by atoms with Crippen LogP contribution in [0.1, 0.15) is 11.1 Å². The fourth-order valence-electron chi connectivity index (χ4n) is 3.84. The van der Waals surface area contributed by atoms with Crippen molar-refractivity contribution in [2.45, 2.75) is 0 Å². The molecule has 0 amide bonds. The van der Waals surface area contributed by atoms with Gasteiger partial charge in [0.15, 0.2) is 23.0 Å². The maximum atomic E-state index is 5.99. The largest absolute Gasteiger partial charge is 0.487 e. The van der Waals surface area contributed by atoms with Gasteiger partial charge < -0.3 is 47.4 Å². The van der Waals surface area contributed by atoms with Gasteiger partial charge in [0.1, 0.15) is 26.4 Å². The third-order valence-electron chi connectivity index (χ3n) is 5.83. The maximum Gasteiger partial charge on any atom is 0.161 e. The normalized spacial score (nSPS) is 19.5. The van der Waals surface area contributed by atoms with E-state index in [1.165, 1.54) is 0 Å². The van der Waals surface area contributed by atoms with E-state index in [2.05, 4.69) is 0 Å². The molecule has 0 N–H and O–H groups in total. The summed E-state index contributed by atoms with van der Waals surface area (Å²) >= 11 is 0. The van der Waals surface area contributed by atoms with Crippen molar-refractivity contribution in [2.75, 3.05) is 106 Å². The van der Waals surface area contributed by atoms with E-state index in [0.717, 1.165) is 11.1 Å². The van der Waals surface area contributed by atoms with E-state index in [9.17, 15) is 0 Å². The van der Waals surface area contributed by atoms with Crippen LogP contribution in [0, 0.1) is 0 Å². The van der Waals surface area contributed by atoms with Crippen molar-refractivity contribution in [3.05, 3.63) is 47.5 Å². The molecule has 0 saturated carbocycles. The first-order chi connectivity index (χ1) is 19.9. The Balaban J connectivity index is 1.41. The molecule has 0 unspecified atom stereocenters. The van der Waals surface area contributed by atoms with Crippen molar-refractivity contribution in [3.63, 3.8) is 0 Å². The fourth-order valence-corrected chi connectivity index (χ4v) is 3.84. The molecule has 4 rings (SSSR count). The van der Waals surface area contributed by atoms with Gasteiger partial charge >= 0.3 is 0 Å². The first-order valence-corrected chi connectivity index (χ1v) is 13.8. The van der Waals surface area contributed by atoms with Crippen molar-refractivity contribution in [1.29, 1.82) is 0 Å². The predicted molar refractivity (Wildman–Crippen MR) is 149 cm³/mol. The molecule has 0 saturated heterocycles. The Labute approximate surface area is 235 Å². The molecule has 10 heteroatoms. The molecule has 40 heavy (non-hydrogen) atoms. The molecular weight excluding hydrogens is 520 g/mol. The first-order valence-electron chi connectivity index (χ1n) is 13.8. The Morgan fingerprint density at radius 1 is 0.325 bits per heavy atom. The average Bonchev–Trinajstić information content (AvgIpc) is 2.99. The Kier molecular flexibility index (Phi) is 13.9. The lowest BCUT2D eigenvalue weighted by Crippen LogP contribution is -2.13. The van der Waals surface area contributed by atoms with Gasteiger partial charge in [-0.05, 0) is 35.4 Å². The van der Waals surface area contributed by atoms with Crippen LogP contribution in [-0.2, 0) is 28.4 Å². The monoisotopic (exact) mass is 560 g/mol. The van der Waals surface area contributed by atoms with E-state index < -0.39 is 0 Å². The minimum absolute atomic E-state index is 0.407. The quantitative estimate of drug-likeness (QED) is 0.508. The van der Waals surface area contributed by atoms with Crippen molar-refractivity contribution >= 4 is 12.2 Å². The third kappa shape index (κ3) is 11.3. The number of fused-ring (bicyclic) bond motifs is 2. The molecule has 0 radical (unpaired) electrons. The molecule has 0 atom stereocenters. The van der Waals surface area contributed by atoms with Gasteiger partial charge in [0, 0.05) is 0 Å². The van der Waals surface area contributed by atoms with Crippen molar-refractivity contribution < 1.29 is 47.4 Å². The summed E-state index contributed by atoms with van der Waals surface area (Å²) in [7, 11) is 0. The molecule has 2 aliphatic rings. The number of hydrogen-bond acceptors (Lipinski definition) is 10. The second-order valence-corrected chi connectivity index (χ2v) is 8.81. The minimum atomic E-state index is 0.407. The first kappa shape index (κ1) is 30.1. The van der Waals surface area contributed by atoms with Crippen molar-refractivity contribution in [1.82, 2.24) is 0 Å². The van der Waals surface area contributed by atoms with Crippen LogP contribution in [0.3, 0.4) is 0 Å². The lowest BCUT2D eigenvalue weighted by Gasteiger charge is -2.14. The highest BCUT2D eigenvalue weighted by molar-refractivity contribution is 5.72. The predicted octanol–water partition coefficient (Wildman–Crippen LogP) is 3.50. The number of hydrogen-bond donors (Lipinski definition) is 0. The second-order valence-electron chi connectivity index (χ2n) is 8.81. The summed E-state index contributed by atoms with van der Waals surface area (Å²) in [6.45, 7) is 7.72. The highest BCUT2D eigenvalue weighted by atomic mass is 16.6. The van der Waals surface area contributed by atoms with Crippen LogP contribution in [0.4, 0.5) is 0 Å². The molecule has 2 aromatic carbocycles. The molecule has 10 nitrogen and oxygen atoms in total. The van der Waals surface area contributed by atoms with E-state index in [4.69, 9.17) is 47.4 Å². The summed E-state index contributed by atoms with van der Waals surface area (Å²) < 4.78 is 57.0. The molecule has 0 fully saturated rings. The van der Waals surface area contributed by atoms with E-state index in [1.807, 2.05) is 48.6 Å². The summed E-state index contributed by atoms with van der Waals surface area (Å²) in [5.41, 5.74) is 1.93. The lowest BCUT2D eigenvalue weighted by atomic mass is 10.1. The molecule has 220 valence electrons. The molecule has 2 heterocycles. The molecule has 2 aliphatic heterocycles. The topological polar surface area (TPSA) is 92.3 Å². The molecule has 0 bridgehead atoms. The van der Waals surface area contributed by atoms with Gasteiger partial charge in [-0.3, -0.25) is 0 Å². The van der Waals surface area contributed by atoms with Crippen LogP contribution in [-0.4, -0.2) is 106 Å². The number of rotatable bonds is 2. The van der Waals surface area contributed by atoms with E-state index >= 15 is 0 Å². The maximum absolute atomic E-state index is 5.99. The minimum Gasteiger partial charge on any atom is -0.487 e. The summed E-state index contributed by atoms with van der Waals surface area (Å²) in [5, 5.41) is 0. The number of ether oxygens (including phenoxy) is 10. The van der Waals surface area contributed by atoms with Gasteiger partial charge in [0.2, 0.25) is 0 Å². The van der Waals surface area contributed by atoms with E-state index in [1.54, 1.807) is 0 Å². The van der Waals surface area contributed by atoms with Crippen molar-refractivity contribution in [2.24, 2.45) is 0 Å². The van der Waals surface area contributed by atoms with Gasteiger partial charge in [0.05, 0.1) is 79.3 Å². The zero-order valence-corrected chi connectivity index (χ0v) is 23.0. The highest BCUT2D eigenvalue weighted by Crippen LogP contribution is 2.31. The Hall–Kier alpha value is -2.86. The van der Waals surface area contributed by atoms with E-state index in [0.29, 0.717) is 129 Å². The van der Waals surface area contributed by atoms with Crippen LogP contribution < -0.4 is 18.9 Å². The smallest absolute Gasteiger partial charge is 0.161 e. The zero-order valence-electron chi connectivity index (χ0n) is 23.0. The Morgan fingerprint density at radius 2 is 0.600 bits per heavy atom. The van der Waals surface area contributed by atoms with Gasteiger partial charge in [0.25, 0.3) is 0 Å². The SMILES string of the molecule is C(=C\c1ccc2c(c1)OCCOCCOCCOCCO2)/c1ccc2c(c1)OCCOCCOCCOCCO2. The highest BCUT2D eigenvalue weighted by Gasteiger charge is 2.09. The molecule has 0 aromatic heterocycles. The van der Waals surface area contributed by atoms with Crippen LogP contribution in [0.15, 0.2) is 36.4 Å². The Morgan fingerprint density at radius 3 is 0.925 bits per heavy atom. The third-order valence-corrected chi connectivity index (χ3v) is 5.83. The van der Waals surface area contributed by atoms with Crippen LogP contribution in [0.25, 0.3) is 12.2 Å². The average molecular weight is 561 g/mol. The summed E-state index contributed by atoms with van der Waals surface area (Å²) in [5.74, 6) is 2.64. The number of benzene rings is 2. The molecule has 0 aliphatic carbocycles. The van der Waals surface area contributed by atoms with Gasteiger partial charge in [-0.1, -0.05) is 24.3 Å². The molecule has 0 spiro atoms. The van der Waals surface area contributed by atoms with Crippen LogP contribution in [0.5, 0.6) is 23.0 Å². The standard InChI is InChI=1S/C30H40O10/c1(25-3-5-27-29(23-25)39-21-17-35-13-9-31-7-11-33-15-19-37-27)2-26-4-6-28-30(24-26)40-22-18-36-14-10-32-8-12-34-16-20-38-28/h1-6,23-24H,7-22H2/b2-1+. The molecule has 2 aromatic rings. The van der Waals surface area contributed by atoms with Crippen molar-refractivity contribution in [3.8, 4) is 23.0 Å². The van der Waals surface area contributed by atoms with Gasteiger partial charge in [-0.15, -0.1) is 0 Å². The summed E-state index contributed by atoms with van der Waals surface area (Å²) in [6.07, 6.45) is 4.03. The van der Waals surface area contributed by atoms with Gasteiger partial charge in [-0.25, -0.2) is 0 Å². The molecular formula is C30H40O10. The second kappa shape index (κ2) is 18.5. The van der Waals surface area contributed by atoms with E-state index in [-0.39, 0.29) is 0 Å². The van der Waals surface area contributed by atoms with Crippen LogP contribution in [0.2, 0.25) is 0 Å². The Bertz CT molecular complexity index is 932. The summed E-state index contributed by atoms with van der Waals surface area (Å²) in [6, 6.07) is 11.7. The van der Waals surface area contributed by atoms with Crippen LogP contribution >= 0.6 is 0 Å².